The van der Waals surface area contributed by atoms with Crippen LogP contribution in [0.3, 0.4) is 0 Å². The number of ether oxygens (including phenoxy) is 1. The molecule has 0 radical (unpaired) electrons. The van der Waals surface area contributed by atoms with Crippen LogP contribution in [0.1, 0.15) is 16.1 Å². The number of rotatable bonds is 3. The Hall–Kier alpha value is -1.90. The van der Waals surface area contributed by atoms with Crippen LogP contribution < -0.4 is 10.2 Å². The maximum absolute atomic E-state index is 13.1. The van der Waals surface area contributed by atoms with Crippen molar-refractivity contribution in [3.05, 3.63) is 45.7 Å². The van der Waals surface area contributed by atoms with Gasteiger partial charge in [0, 0.05) is 20.1 Å². The summed E-state index contributed by atoms with van der Waals surface area (Å²) in [5.41, 5.74) is -0.163. The van der Waals surface area contributed by atoms with E-state index in [0.29, 0.717) is 32.0 Å². The highest BCUT2D eigenvalue weighted by molar-refractivity contribution is 6.42. The van der Waals surface area contributed by atoms with Crippen molar-refractivity contribution in [2.45, 2.75) is 6.18 Å². The smallest absolute Gasteiger partial charge is 0.378 e. The largest absolute Gasteiger partial charge is 0.416 e. The third-order valence-electron chi connectivity index (χ3n) is 4.27. The molecule has 1 aromatic heterocycles. The average Bonchev–Trinajstić information content (AvgIpc) is 2.89. The summed E-state index contributed by atoms with van der Waals surface area (Å²) >= 11 is 11.9. The molecule has 1 amide bonds. The average molecular weight is 422 g/mol. The predicted octanol–water partition coefficient (Wildman–Crippen LogP) is 4.44. The standard InChI is InChI=1S/C17H16Cl2F3N3O2/c1-24-14(9-11(18)15(24)19)16(26)23-12-8-10(17(20,21)22)2-3-13(12)25-4-6-27-7-5-25/h2-3,8-9H,4-7H2,1H3,(H,23,26). The van der Waals surface area contributed by atoms with E-state index in [1.54, 1.807) is 0 Å². The molecular weight excluding hydrogens is 406 g/mol. The van der Waals surface area contributed by atoms with Gasteiger partial charge in [-0.15, -0.1) is 0 Å². The van der Waals surface area contributed by atoms with E-state index in [-0.39, 0.29) is 21.6 Å². The first-order chi connectivity index (χ1) is 12.7. The van der Waals surface area contributed by atoms with Gasteiger partial charge in [-0.25, -0.2) is 0 Å². The number of aromatic nitrogens is 1. The molecule has 1 saturated heterocycles. The summed E-state index contributed by atoms with van der Waals surface area (Å²) in [7, 11) is 1.54. The Morgan fingerprint density at radius 3 is 2.41 bits per heavy atom. The minimum atomic E-state index is -4.53. The number of benzene rings is 1. The molecule has 0 saturated carbocycles. The van der Waals surface area contributed by atoms with Gasteiger partial charge in [-0.1, -0.05) is 23.2 Å². The van der Waals surface area contributed by atoms with E-state index < -0.39 is 17.6 Å². The van der Waals surface area contributed by atoms with Crippen molar-refractivity contribution < 1.29 is 22.7 Å². The molecule has 1 aliphatic heterocycles. The molecule has 2 heterocycles. The van der Waals surface area contributed by atoms with Gasteiger partial charge in [0.25, 0.3) is 5.91 Å². The second-order valence-corrected chi connectivity index (χ2v) is 6.78. The number of halogens is 5. The minimum absolute atomic E-state index is 0.0603. The van der Waals surface area contributed by atoms with Gasteiger partial charge in [-0.05, 0) is 24.3 Å². The molecule has 0 spiro atoms. The van der Waals surface area contributed by atoms with Crippen LogP contribution in [0, 0.1) is 0 Å². The normalized spacial score (nSPS) is 15.1. The molecule has 10 heteroatoms. The molecule has 1 fully saturated rings. The second-order valence-electron chi connectivity index (χ2n) is 6.01. The van der Waals surface area contributed by atoms with Crippen molar-refractivity contribution in [3.8, 4) is 0 Å². The lowest BCUT2D eigenvalue weighted by atomic mass is 10.1. The first-order valence-corrected chi connectivity index (χ1v) is 8.80. The fraction of sp³-hybridized carbons (Fsp3) is 0.353. The number of nitrogens with one attached hydrogen (secondary N) is 1. The van der Waals surface area contributed by atoms with Gasteiger partial charge in [0.1, 0.15) is 10.8 Å². The van der Waals surface area contributed by atoms with Crippen LogP contribution >= 0.6 is 23.2 Å². The number of amides is 1. The molecule has 1 aliphatic rings. The van der Waals surface area contributed by atoms with Crippen molar-refractivity contribution in [2.75, 3.05) is 36.5 Å². The van der Waals surface area contributed by atoms with Crippen LogP contribution in [0.5, 0.6) is 0 Å². The predicted molar refractivity (Wildman–Crippen MR) is 97.9 cm³/mol. The maximum Gasteiger partial charge on any atom is 0.416 e. The molecule has 2 aromatic rings. The van der Waals surface area contributed by atoms with E-state index in [0.717, 1.165) is 12.1 Å². The number of carbonyl (C=O) groups is 1. The summed E-state index contributed by atoms with van der Waals surface area (Å²) < 4.78 is 46.1. The molecule has 27 heavy (non-hydrogen) atoms. The van der Waals surface area contributed by atoms with E-state index >= 15 is 0 Å². The molecule has 146 valence electrons. The monoisotopic (exact) mass is 421 g/mol. The molecule has 0 bridgehead atoms. The van der Waals surface area contributed by atoms with E-state index in [4.69, 9.17) is 27.9 Å². The zero-order valence-electron chi connectivity index (χ0n) is 14.2. The van der Waals surface area contributed by atoms with Crippen molar-refractivity contribution >= 4 is 40.5 Å². The topological polar surface area (TPSA) is 46.5 Å². The Morgan fingerprint density at radius 1 is 1.19 bits per heavy atom. The summed E-state index contributed by atoms with van der Waals surface area (Å²) in [5, 5.41) is 2.91. The van der Waals surface area contributed by atoms with E-state index in [9.17, 15) is 18.0 Å². The summed E-state index contributed by atoms with van der Waals surface area (Å²) in [5.74, 6) is -0.611. The lowest BCUT2D eigenvalue weighted by molar-refractivity contribution is -0.137. The molecule has 1 aromatic carbocycles. The minimum Gasteiger partial charge on any atom is -0.378 e. The van der Waals surface area contributed by atoms with Crippen LogP contribution in [0.4, 0.5) is 24.5 Å². The number of carbonyl (C=O) groups excluding carboxylic acids is 1. The number of hydrogen-bond acceptors (Lipinski definition) is 3. The zero-order valence-corrected chi connectivity index (χ0v) is 15.8. The van der Waals surface area contributed by atoms with Crippen LogP contribution in [0.25, 0.3) is 0 Å². The maximum atomic E-state index is 13.1. The van der Waals surface area contributed by atoms with Gasteiger partial charge in [0.15, 0.2) is 0 Å². The molecule has 0 unspecified atom stereocenters. The molecule has 0 atom stereocenters. The Kier molecular flexibility index (Phi) is 5.60. The molecule has 3 rings (SSSR count). The first-order valence-electron chi connectivity index (χ1n) is 8.04. The quantitative estimate of drug-likeness (QED) is 0.796. The summed E-state index contributed by atoms with van der Waals surface area (Å²) in [4.78, 5) is 14.5. The van der Waals surface area contributed by atoms with Gasteiger partial charge >= 0.3 is 6.18 Å². The van der Waals surface area contributed by atoms with Crippen molar-refractivity contribution in [1.29, 1.82) is 0 Å². The van der Waals surface area contributed by atoms with Crippen LogP contribution in [-0.2, 0) is 18.0 Å². The van der Waals surface area contributed by atoms with Gasteiger partial charge in [-0.2, -0.15) is 13.2 Å². The van der Waals surface area contributed by atoms with E-state index in [2.05, 4.69) is 5.32 Å². The molecule has 0 aliphatic carbocycles. The number of morpholine rings is 1. The highest BCUT2D eigenvalue weighted by Gasteiger charge is 2.32. The number of anilines is 2. The SMILES string of the molecule is Cn1c(C(=O)Nc2cc(C(F)(F)F)ccc2N2CCOCC2)cc(Cl)c1Cl. The highest BCUT2D eigenvalue weighted by atomic mass is 35.5. The lowest BCUT2D eigenvalue weighted by Crippen LogP contribution is -2.37. The Morgan fingerprint density at radius 2 is 1.85 bits per heavy atom. The molecular formula is C17H16Cl2F3N3O2. The van der Waals surface area contributed by atoms with E-state index in [1.165, 1.54) is 23.7 Å². The van der Waals surface area contributed by atoms with Crippen molar-refractivity contribution in [2.24, 2.45) is 7.05 Å². The number of hydrogen-bond donors (Lipinski definition) is 1. The van der Waals surface area contributed by atoms with Gasteiger partial charge in [-0.3, -0.25) is 4.79 Å². The third-order valence-corrected chi connectivity index (χ3v) is 5.11. The lowest BCUT2D eigenvalue weighted by Gasteiger charge is -2.31. The molecule has 5 nitrogen and oxygen atoms in total. The Labute approximate surface area is 163 Å². The zero-order chi connectivity index (χ0) is 19.8. The second kappa shape index (κ2) is 7.61. The number of nitrogens with zero attached hydrogens (tertiary/aromatic N) is 2. The summed E-state index contributed by atoms with van der Waals surface area (Å²) in [6, 6.07) is 4.64. The Balaban J connectivity index is 1.97. The Bertz CT molecular complexity index is 862. The van der Waals surface area contributed by atoms with Gasteiger partial charge < -0.3 is 19.5 Å². The van der Waals surface area contributed by atoms with Crippen LogP contribution in [-0.4, -0.2) is 36.8 Å². The van der Waals surface area contributed by atoms with Crippen LogP contribution in [0.2, 0.25) is 10.2 Å². The summed E-state index contributed by atoms with van der Waals surface area (Å²) in [6.07, 6.45) is -4.53. The van der Waals surface area contributed by atoms with Gasteiger partial charge in [0.05, 0.1) is 35.2 Å². The molecule has 1 N–H and O–H groups in total. The first kappa shape index (κ1) is 19.9. The van der Waals surface area contributed by atoms with E-state index in [1.807, 2.05) is 4.90 Å². The third kappa shape index (κ3) is 4.17. The van der Waals surface area contributed by atoms with Crippen molar-refractivity contribution in [1.82, 2.24) is 4.57 Å². The highest BCUT2D eigenvalue weighted by Crippen LogP contribution is 2.36. The fourth-order valence-electron chi connectivity index (χ4n) is 2.84. The number of alkyl halides is 3. The van der Waals surface area contributed by atoms with Crippen molar-refractivity contribution in [3.63, 3.8) is 0 Å². The summed E-state index contributed by atoms with van der Waals surface area (Å²) in [6.45, 7) is 1.93. The van der Waals surface area contributed by atoms with Crippen LogP contribution in [0.15, 0.2) is 24.3 Å². The fourth-order valence-corrected chi connectivity index (χ4v) is 3.21. The van der Waals surface area contributed by atoms with Gasteiger partial charge in [0.2, 0.25) is 0 Å².